The Balaban J connectivity index is 1.84. The Morgan fingerprint density at radius 2 is 1.91 bits per heavy atom. The largest absolute Gasteiger partial charge is 0.488 e. The van der Waals surface area contributed by atoms with Gasteiger partial charge in [0.25, 0.3) is 11.6 Å². The van der Waals surface area contributed by atoms with Crippen molar-refractivity contribution in [2.45, 2.75) is 6.61 Å². The van der Waals surface area contributed by atoms with Crippen LogP contribution in [0.3, 0.4) is 0 Å². The highest BCUT2D eigenvalue weighted by Crippen LogP contribution is 2.27. The van der Waals surface area contributed by atoms with E-state index >= 15 is 0 Å². The molecule has 0 aliphatic carbocycles. The minimum Gasteiger partial charge on any atom is -0.488 e. The lowest BCUT2D eigenvalue weighted by atomic mass is 10.1. The molecule has 160 valence electrons. The van der Waals surface area contributed by atoms with Crippen LogP contribution < -0.4 is 10.1 Å². The number of nitrogens with zero attached hydrogens (tertiary/aromatic N) is 2. The average molecular weight is 468 g/mol. The van der Waals surface area contributed by atoms with Crippen molar-refractivity contribution in [2.75, 3.05) is 5.32 Å². The summed E-state index contributed by atoms with van der Waals surface area (Å²) in [4.78, 5) is 22.9. The summed E-state index contributed by atoms with van der Waals surface area (Å²) in [6, 6.07) is 19.3. The van der Waals surface area contributed by atoms with E-state index < -0.39 is 10.8 Å². The van der Waals surface area contributed by atoms with E-state index in [0.29, 0.717) is 21.4 Å². The van der Waals surface area contributed by atoms with Crippen molar-refractivity contribution in [3.05, 3.63) is 104 Å². The van der Waals surface area contributed by atoms with E-state index in [1.807, 2.05) is 18.2 Å². The first kappa shape index (κ1) is 22.8. The fraction of sp³-hybridized carbons (Fsp3) is 0.0435. The number of non-ortho nitro benzene ring substituents is 1. The van der Waals surface area contributed by atoms with E-state index in [0.717, 1.165) is 5.56 Å². The number of carbonyl (C=O) groups is 1. The van der Waals surface area contributed by atoms with Gasteiger partial charge in [0, 0.05) is 39.0 Å². The SMILES string of the molecule is N#C/C(=C\c1cc(Cl)ccc1OCc1ccccc1Cl)C(=O)Nc1cccc([N+](=O)[O-])c1. The van der Waals surface area contributed by atoms with Gasteiger partial charge in [-0.3, -0.25) is 14.9 Å². The second kappa shape index (κ2) is 10.4. The zero-order valence-corrected chi connectivity index (χ0v) is 17.9. The normalized spacial score (nSPS) is 10.8. The van der Waals surface area contributed by atoms with Gasteiger partial charge in [-0.05, 0) is 36.4 Å². The van der Waals surface area contributed by atoms with Gasteiger partial charge in [-0.1, -0.05) is 47.5 Å². The molecule has 0 aromatic heterocycles. The molecule has 0 spiro atoms. The number of amides is 1. The Morgan fingerprint density at radius 3 is 2.62 bits per heavy atom. The maximum absolute atomic E-state index is 12.6. The van der Waals surface area contributed by atoms with Crippen LogP contribution in [0.4, 0.5) is 11.4 Å². The fourth-order valence-electron chi connectivity index (χ4n) is 2.73. The Kier molecular flexibility index (Phi) is 7.45. The quantitative estimate of drug-likeness (QED) is 0.197. The first-order valence-corrected chi connectivity index (χ1v) is 9.96. The van der Waals surface area contributed by atoms with Gasteiger partial charge in [0.15, 0.2) is 0 Å². The van der Waals surface area contributed by atoms with E-state index in [4.69, 9.17) is 27.9 Å². The molecule has 3 rings (SSSR count). The van der Waals surface area contributed by atoms with Crippen LogP contribution in [0.1, 0.15) is 11.1 Å². The average Bonchev–Trinajstić information content (AvgIpc) is 2.78. The molecule has 0 aliphatic heterocycles. The molecule has 7 nitrogen and oxygen atoms in total. The van der Waals surface area contributed by atoms with Crippen molar-refractivity contribution in [3.8, 4) is 11.8 Å². The van der Waals surface area contributed by atoms with E-state index in [1.54, 1.807) is 30.3 Å². The number of nitriles is 1. The van der Waals surface area contributed by atoms with E-state index in [9.17, 15) is 20.2 Å². The topological polar surface area (TPSA) is 105 Å². The fourth-order valence-corrected chi connectivity index (χ4v) is 3.11. The number of nitrogens with one attached hydrogen (secondary N) is 1. The minimum absolute atomic E-state index is 0.171. The summed E-state index contributed by atoms with van der Waals surface area (Å²) in [6.45, 7) is 0.171. The van der Waals surface area contributed by atoms with Gasteiger partial charge in [-0.25, -0.2) is 0 Å². The molecule has 0 radical (unpaired) electrons. The predicted molar refractivity (Wildman–Crippen MR) is 123 cm³/mol. The lowest BCUT2D eigenvalue weighted by Gasteiger charge is -2.11. The first-order chi connectivity index (χ1) is 15.4. The zero-order chi connectivity index (χ0) is 23.1. The lowest BCUT2D eigenvalue weighted by Crippen LogP contribution is -2.13. The van der Waals surface area contributed by atoms with Crippen molar-refractivity contribution in [1.29, 1.82) is 5.26 Å². The summed E-state index contributed by atoms with van der Waals surface area (Å²) in [5.41, 5.74) is 0.946. The van der Waals surface area contributed by atoms with Crippen LogP contribution in [0.15, 0.2) is 72.3 Å². The summed E-state index contributed by atoms with van der Waals surface area (Å²) in [6.07, 6.45) is 1.33. The summed E-state index contributed by atoms with van der Waals surface area (Å²) in [5, 5.41) is 23.8. The van der Waals surface area contributed by atoms with Crippen LogP contribution in [0, 0.1) is 21.4 Å². The summed E-state index contributed by atoms with van der Waals surface area (Å²) in [7, 11) is 0. The van der Waals surface area contributed by atoms with E-state index in [1.165, 1.54) is 30.3 Å². The number of benzene rings is 3. The molecular formula is C23H15Cl2N3O4. The summed E-state index contributed by atoms with van der Waals surface area (Å²) in [5.74, 6) is -0.338. The van der Waals surface area contributed by atoms with Crippen molar-refractivity contribution >= 4 is 46.6 Å². The third kappa shape index (κ3) is 5.85. The van der Waals surface area contributed by atoms with E-state index in [2.05, 4.69) is 5.32 Å². The van der Waals surface area contributed by atoms with Crippen molar-refractivity contribution in [3.63, 3.8) is 0 Å². The van der Waals surface area contributed by atoms with Gasteiger partial charge in [0.1, 0.15) is 24.0 Å². The number of halogens is 2. The maximum atomic E-state index is 12.6. The number of nitro groups is 1. The van der Waals surface area contributed by atoms with Crippen LogP contribution in [0.2, 0.25) is 10.0 Å². The monoisotopic (exact) mass is 467 g/mol. The number of hydrogen-bond acceptors (Lipinski definition) is 5. The lowest BCUT2D eigenvalue weighted by molar-refractivity contribution is -0.384. The van der Waals surface area contributed by atoms with Crippen molar-refractivity contribution in [2.24, 2.45) is 0 Å². The highest BCUT2D eigenvalue weighted by molar-refractivity contribution is 6.31. The molecule has 3 aromatic carbocycles. The standard InChI is InChI=1S/C23H15Cl2N3O4/c24-18-8-9-22(32-14-15-4-1-2-7-21(15)25)16(11-18)10-17(13-26)23(29)27-19-5-3-6-20(12-19)28(30)31/h1-12H,14H2,(H,27,29)/b17-10+. The molecule has 1 amide bonds. The highest BCUT2D eigenvalue weighted by atomic mass is 35.5. The molecule has 0 atom stereocenters. The molecule has 3 aromatic rings. The van der Waals surface area contributed by atoms with Gasteiger partial charge in [0.2, 0.25) is 0 Å². The molecule has 0 unspecified atom stereocenters. The van der Waals surface area contributed by atoms with Crippen LogP contribution in [-0.4, -0.2) is 10.8 Å². The molecule has 1 N–H and O–H groups in total. The highest BCUT2D eigenvalue weighted by Gasteiger charge is 2.14. The summed E-state index contributed by atoms with van der Waals surface area (Å²) >= 11 is 12.2. The van der Waals surface area contributed by atoms with Crippen LogP contribution in [0.25, 0.3) is 6.08 Å². The second-order valence-electron chi connectivity index (χ2n) is 6.49. The van der Waals surface area contributed by atoms with Crippen LogP contribution in [0.5, 0.6) is 5.75 Å². The minimum atomic E-state index is -0.731. The third-order valence-corrected chi connectivity index (χ3v) is 4.90. The molecule has 0 saturated heterocycles. The molecular weight excluding hydrogens is 453 g/mol. The Bertz CT molecular complexity index is 1250. The van der Waals surface area contributed by atoms with E-state index in [-0.39, 0.29) is 23.6 Å². The number of ether oxygens (including phenoxy) is 1. The number of nitro benzene ring substituents is 1. The number of hydrogen-bond donors (Lipinski definition) is 1. The predicted octanol–water partition coefficient (Wildman–Crippen LogP) is 6.03. The van der Waals surface area contributed by atoms with Crippen molar-refractivity contribution in [1.82, 2.24) is 0 Å². The Morgan fingerprint density at radius 1 is 1.12 bits per heavy atom. The van der Waals surface area contributed by atoms with Gasteiger partial charge in [-0.2, -0.15) is 5.26 Å². The Hall–Kier alpha value is -3.86. The number of rotatable bonds is 7. The smallest absolute Gasteiger partial charge is 0.271 e. The molecule has 0 bridgehead atoms. The summed E-state index contributed by atoms with van der Waals surface area (Å²) < 4.78 is 5.84. The van der Waals surface area contributed by atoms with Gasteiger partial charge in [0.05, 0.1) is 4.92 Å². The van der Waals surface area contributed by atoms with Gasteiger partial charge in [-0.15, -0.1) is 0 Å². The molecule has 0 heterocycles. The van der Waals surface area contributed by atoms with Gasteiger partial charge >= 0.3 is 0 Å². The third-order valence-electron chi connectivity index (χ3n) is 4.29. The number of carbonyl (C=O) groups excluding carboxylic acids is 1. The number of anilines is 1. The molecule has 0 saturated carbocycles. The Labute approximate surface area is 193 Å². The molecule has 9 heteroatoms. The molecule has 32 heavy (non-hydrogen) atoms. The first-order valence-electron chi connectivity index (χ1n) is 9.20. The molecule has 0 fully saturated rings. The van der Waals surface area contributed by atoms with Crippen LogP contribution >= 0.6 is 23.2 Å². The second-order valence-corrected chi connectivity index (χ2v) is 7.34. The van der Waals surface area contributed by atoms with Gasteiger partial charge < -0.3 is 10.1 Å². The van der Waals surface area contributed by atoms with Crippen LogP contribution in [-0.2, 0) is 11.4 Å². The zero-order valence-electron chi connectivity index (χ0n) is 16.4. The molecule has 0 aliphatic rings. The van der Waals surface area contributed by atoms with Crippen molar-refractivity contribution < 1.29 is 14.5 Å². The maximum Gasteiger partial charge on any atom is 0.271 e.